The van der Waals surface area contributed by atoms with Crippen molar-refractivity contribution in [3.63, 3.8) is 0 Å². The molecule has 6 nitrogen and oxygen atoms in total. The Labute approximate surface area is 116 Å². The van der Waals surface area contributed by atoms with Crippen LogP contribution in [-0.2, 0) is 14.3 Å². The second kappa shape index (κ2) is 7.04. The van der Waals surface area contributed by atoms with Crippen LogP contribution in [0.3, 0.4) is 0 Å². The van der Waals surface area contributed by atoms with Gasteiger partial charge < -0.3 is 24.8 Å². The molecular formula is C11H18ClFN2O4. The number of alkyl halides is 2. The van der Waals surface area contributed by atoms with Crippen molar-refractivity contribution in [3.05, 3.63) is 12.3 Å². The first-order valence-electron chi connectivity index (χ1n) is 5.74. The maximum Gasteiger partial charge on any atom is 0.260 e. The van der Waals surface area contributed by atoms with Crippen LogP contribution in [0.1, 0.15) is 6.92 Å². The van der Waals surface area contributed by atoms with E-state index in [2.05, 4.69) is 5.32 Å². The molecule has 0 saturated heterocycles. The molecule has 0 aromatic heterocycles. The molecule has 0 fully saturated rings. The topological polar surface area (TPSA) is 71.0 Å². The second-order valence-electron chi connectivity index (χ2n) is 4.15. The lowest BCUT2D eigenvalue weighted by Gasteiger charge is -2.37. The molecule has 3 unspecified atom stereocenters. The van der Waals surface area contributed by atoms with Crippen molar-refractivity contribution in [1.82, 2.24) is 10.2 Å². The quantitative estimate of drug-likeness (QED) is 0.655. The maximum absolute atomic E-state index is 14.4. The highest BCUT2D eigenvalue weighted by Crippen LogP contribution is 2.23. The Morgan fingerprint density at radius 3 is 2.84 bits per heavy atom. The zero-order valence-electron chi connectivity index (χ0n) is 10.8. The van der Waals surface area contributed by atoms with E-state index in [1.165, 1.54) is 31.2 Å². The van der Waals surface area contributed by atoms with Gasteiger partial charge in [-0.3, -0.25) is 4.79 Å². The standard InChI is InChI=1S/C11H18ClFN2O4/c1-8(16)11(13,6-18-2)19-10(5-12)15-4-3-9(17)14-7-15/h3-4,8,10,16H,5-7H2,1-2H3,(H,14,17). The summed E-state index contributed by atoms with van der Waals surface area (Å²) in [6.45, 7) is 0.982. The van der Waals surface area contributed by atoms with E-state index in [0.29, 0.717) is 0 Å². The van der Waals surface area contributed by atoms with E-state index in [-0.39, 0.29) is 18.5 Å². The van der Waals surface area contributed by atoms with Crippen LogP contribution in [0, 0.1) is 0 Å². The van der Waals surface area contributed by atoms with E-state index in [1.807, 2.05) is 0 Å². The molecule has 0 saturated carbocycles. The smallest absolute Gasteiger partial charge is 0.260 e. The zero-order valence-corrected chi connectivity index (χ0v) is 11.6. The summed E-state index contributed by atoms with van der Waals surface area (Å²) in [6, 6.07) is 0. The molecule has 1 rings (SSSR count). The highest BCUT2D eigenvalue weighted by Gasteiger charge is 2.40. The molecule has 2 N–H and O–H groups in total. The molecular weight excluding hydrogens is 279 g/mol. The van der Waals surface area contributed by atoms with Crippen molar-refractivity contribution < 1.29 is 23.8 Å². The molecule has 8 heteroatoms. The van der Waals surface area contributed by atoms with E-state index in [0.717, 1.165) is 0 Å². The molecule has 1 aliphatic heterocycles. The van der Waals surface area contributed by atoms with Crippen molar-refractivity contribution in [3.8, 4) is 0 Å². The summed E-state index contributed by atoms with van der Waals surface area (Å²) in [5.74, 6) is -2.66. The fraction of sp³-hybridized carbons (Fsp3) is 0.727. The van der Waals surface area contributed by atoms with E-state index >= 15 is 0 Å². The van der Waals surface area contributed by atoms with E-state index in [1.54, 1.807) is 0 Å². The molecule has 0 aliphatic carbocycles. The lowest BCUT2D eigenvalue weighted by molar-refractivity contribution is -0.264. The third-order valence-corrected chi connectivity index (χ3v) is 2.92. The largest absolute Gasteiger partial charge is 0.387 e. The predicted octanol–water partition coefficient (Wildman–Crippen LogP) is 0.164. The molecule has 3 atom stereocenters. The molecule has 0 aromatic rings. The highest BCUT2D eigenvalue weighted by atomic mass is 35.5. The molecule has 0 radical (unpaired) electrons. The number of aliphatic hydroxyl groups is 1. The van der Waals surface area contributed by atoms with Gasteiger partial charge in [0.1, 0.15) is 18.9 Å². The molecule has 19 heavy (non-hydrogen) atoms. The first-order valence-corrected chi connectivity index (χ1v) is 6.28. The molecule has 1 amide bonds. The Morgan fingerprint density at radius 1 is 1.74 bits per heavy atom. The van der Waals surface area contributed by atoms with Crippen LogP contribution in [0.4, 0.5) is 4.39 Å². The molecule has 0 spiro atoms. The van der Waals surface area contributed by atoms with Gasteiger partial charge in [0.15, 0.2) is 0 Å². The fourth-order valence-electron chi connectivity index (χ4n) is 1.51. The monoisotopic (exact) mass is 296 g/mol. The van der Waals surface area contributed by atoms with Crippen LogP contribution in [0.5, 0.6) is 0 Å². The summed E-state index contributed by atoms with van der Waals surface area (Å²) >= 11 is 5.75. The summed E-state index contributed by atoms with van der Waals surface area (Å²) in [7, 11) is 1.30. The lowest BCUT2D eigenvalue weighted by Crippen LogP contribution is -2.52. The maximum atomic E-state index is 14.4. The van der Waals surface area contributed by atoms with Gasteiger partial charge in [0.2, 0.25) is 5.91 Å². The number of hydrogen-bond acceptors (Lipinski definition) is 5. The van der Waals surface area contributed by atoms with Crippen molar-refractivity contribution in [1.29, 1.82) is 0 Å². The average Bonchev–Trinajstić information content (AvgIpc) is 2.37. The number of aliphatic hydroxyl groups excluding tert-OH is 1. The fourth-order valence-corrected chi connectivity index (χ4v) is 1.75. The van der Waals surface area contributed by atoms with Gasteiger partial charge in [0.05, 0.1) is 12.5 Å². The number of carbonyl (C=O) groups excluding carboxylic acids is 1. The number of ether oxygens (including phenoxy) is 2. The molecule has 1 aliphatic rings. The third kappa shape index (κ3) is 4.31. The van der Waals surface area contributed by atoms with Gasteiger partial charge >= 0.3 is 0 Å². The van der Waals surface area contributed by atoms with E-state index < -0.39 is 24.8 Å². The van der Waals surface area contributed by atoms with Crippen molar-refractivity contribution in [2.75, 3.05) is 26.3 Å². The summed E-state index contributed by atoms with van der Waals surface area (Å²) in [5.41, 5.74) is 0. The van der Waals surface area contributed by atoms with Gasteiger partial charge in [-0.25, -0.2) is 4.39 Å². The van der Waals surface area contributed by atoms with E-state index in [4.69, 9.17) is 21.1 Å². The van der Waals surface area contributed by atoms with Crippen LogP contribution >= 0.6 is 11.6 Å². The number of halogens is 2. The summed E-state index contributed by atoms with van der Waals surface area (Å²) < 4.78 is 24.3. The van der Waals surface area contributed by atoms with Gasteiger partial charge in [-0.15, -0.1) is 11.6 Å². The number of nitrogens with one attached hydrogen (secondary N) is 1. The number of carbonyl (C=O) groups is 1. The minimum absolute atomic E-state index is 0.0394. The molecule has 0 aromatic carbocycles. The lowest BCUT2D eigenvalue weighted by atomic mass is 10.2. The Bertz CT molecular complexity index is 343. The number of rotatable bonds is 7. The number of methoxy groups -OCH3 is 1. The molecule has 0 bridgehead atoms. The summed E-state index contributed by atoms with van der Waals surface area (Å²) in [5, 5.41) is 12.0. The molecule has 110 valence electrons. The average molecular weight is 297 g/mol. The third-order valence-electron chi connectivity index (χ3n) is 2.65. The Morgan fingerprint density at radius 2 is 2.42 bits per heavy atom. The van der Waals surface area contributed by atoms with Crippen molar-refractivity contribution >= 4 is 17.5 Å². The van der Waals surface area contributed by atoms with Gasteiger partial charge in [0.25, 0.3) is 5.85 Å². The Kier molecular flexibility index (Phi) is 5.99. The van der Waals surface area contributed by atoms with Crippen molar-refractivity contribution in [2.24, 2.45) is 0 Å². The number of nitrogens with zero attached hydrogens (tertiary/aromatic N) is 1. The van der Waals surface area contributed by atoms with Crippen molar-refractivity contribution in [2.45, 2.75) is 25.1 Å². The highest BCUT2D eigenvalue weighted by molar-refractivity contribution is 6.18. The van der Waals surface area contributed by atoms with Crippen LogP contribution in [0.2, 0.25) is 0 Å². The summed E-state index contributed by atoms with van der Waals surface area (Å²) in [6.07, 6.45) is 0.515. The first-order chi connectivity index (χ1) is 8.92. The van der Waals surface area contributed by atoms with E-state index in [9.17, 15) is 14.3 Å². The normalized spacial score (nSPS) is 21.7. The minimum atomic E-state index is -2.37. The van der Waals surface area contributed by atoms with Crippen LogP contribution in [0.15, 0.2) is 12.3 Å². The van der Waals surface area contributed by atoms with Crippen LogP contribution < -0.4 is 5.32 Å². The van der Waals surface area contributed by atoms with Gasteiger partial charge in [-0.2, -0.15) is 0 Å². The second-order valence-corrected chi connectivity index (χ2v) is 4.46. The molecule has 1 heterocycles. The Hall–Kier alpha value is -0.890. The van der Waals surface area contributed by atoms with Gasteiger partial charge in [0, 0.05) is 19.4 Å². The van der Waals surface area contributed by atoms with Gasteiger partial charge in [-0.1, -0.05) is 0 Å². The summed E-state index contributed by atoms with van der Waals surface area (Å²) in [4.78, 5) is 12.5. The predicted molar refractivity (Wildman–Crippen MR) is 67.0 cm³/mol. The zero-order chi connectivity index (χ0) is 14.5. The minimum Gasteiger partial charge on any atom is -0.387 e. The number of amides is 1. The van der Waals surface area contributed by atoms with Crippen LogP contribution in [0.25, 0.3) is 0 Å². The first kappa shape index (κ1) is 16.2. The number of hydrogen-bond donors (Lipinski definition) is 2. The SMILES string of the molecule is COCC(F)(OC(CCl)N1C=CC(=O)NC1)C(C)O. The Balaban J connectivity index is 2.74. The van der Waals surface area contributed by atoms with Gasteiger partial charge in [-0.05, 0) is 6.92 Å². The van der Waals surface area contributed by atoms with Crippen LogP contribution in [-0.4, -0.2) is 60.4 Å².